The molecule has 1 aliphatic heterocycles. The molecule has 2 heterocycles. The second-order valence-electron chi connectivity index (χ2n) is 5.74. The Labute approximate surface area is 151 Å². The maximum atomic E-state index is 12.1. The minimum atomic E-state index is -0.247. The van der Waals surface area contributed by atoms with Crippen molar-refractivity contribution in [3.8, 4) is 11.7 Å². The van der Waals surface area contributed by atoms with Gasteiger partial charge in [0.05, 0.1) is 13.2 Å². The van der Waals surface area contributed by atoms with Crippen LogP contribution in [0, 0.1) is 0 Å². The van der Waals surface area contributed by atoms with Gasteiger partial charge in [-0.25, -0.2) is 0 Å². The molecule has 0 spiro atoms. The third kappa shape index (κ3) is 5.49. The Bertz CT molecular complexity index is 698. The van der Waals surface area contributed by atoms with Crippen LogP contribution in [0.2, 0.25) is 5.02 Å². The number of nitrogens with one attached hydrogen (secondary N) is 1. The van der Waals surface area contributed by atoms with E-state index in [0.29, 0.717) is 17.3 Å². The number of nitrogens with zero attached hydrogens (tertiary/aromatic N) is 1. The Morgan fingerprint density at radius 2 is 2.08 bits per heavy atom. The summed E-state index contributed by atoms with van der Waals surface area (Å²) < 4.78 is 16.3. The van der Waals surface area contributed by atoms with Crippen molar-refractivity contribution in [3.63, 3.8) is 0 Å². The largest absolute Gasteiger partial charge is 0.426 e. The zero-order valence-electron chi connectivity index (χ0n) is 13.9. The molecule has 134 valence electrons. The summed E-state index contributed by atoms with van der Waals surface area (Å²) in [7, 11) is 0. The van der Waals surface area contributed by atoms with Crippen molar-refractivity contribution < 1.29 is 18.7 Å². The molecule has 1 aliphatic rings. The molecule has 2 aromatic rings. The Balaban J connectivity index is 1.42. The van der Waals surface area contributed by atoms with Crippen molar-refractivity contribution in [1.82, 2.24) is 10.2 Å². The van der Waals surface area contributed by atoms with Gasteiger partial charge in [-0.3, -0.25) is 9.69 Å². The summed E-state index contributed by atoms with van der Waals surface area (Å²) >= 11 is 5.91. The molecular weight excluding hydrogens is 344 g/mol. The molecule has 0 saturated carbocycles. The monoisotopic (exact) mass is 364 g/mol. The van der Waals surface area contributed by atoms with Crippen LogP contribution in [0.1, 0.15) is 17.0 Å². The van der Waals surface area contributed by atoms with E-state index < -0.39 is 0 Å². The summed E-state index contributed by atoms with van der Waals surface area (Å²) in [6.45, 7) is 5.03. The minimum absolute atomic E-state index is 0.225. The third-order valence-corrected chi connectivity index (χ3v) is 4.10. The fourth-order valence-electron chi connectivity index (χ4n) is 2.56. The van der Waals surface area contributed by atoms with E-state index in [9.17, 15) is 4.79 Å². The number of carbonyl (C=O) groups excluding carboxylic acids is 1. The normalized spacial score (nSPS) is 15.1. The van der Waals surface area contributed by atoms with Crippen molar-refractivity contribution >= 4 is 17.5 Å². The maximum Gasteiger partial charge on any atom is 0.290 e. The number of furan rings is 1. The van der Waals surface area contributed by atoms with Crippen LogP contribution in [0.25, 0.3) is 0 Å². The number of carbonyl (C=O) groups is 1. The van der Waals surface area contributed by atoms with Crippen molar-refractivity contribution in [2.45, 2.75) is 6.42 Å². The molecule has 0 aliphatic carbocycles. The van der Waals surface area contributed by atoms with Crippen LogP contribution < -0.4 is 10.1 Å². The van der Waals surface area contributed by atoms with Gasteiger partial charge in [0.2, 0.25) is 0 Å². The summed E-state index contributed by atoms with van der Waals surface area (Å²) in [5, 5.41) is 3.43. The molecule has 6 nitrogen and oxygen atoms in total. The number of hydrogen-bond donors (Lipinski definition) is 1. The highest BCUT2D eigenvalue weighted by Crippen LogP contribution is 2.25. The lowest BCUT2D eigenvalue weighted by molar-refractivity contribution is 0.0374. The van der Waals surface area contributed by atoms with Gasteiger partial charge in [0.1, 0.15) is 5.75 Å². The lowest BCUT2D eigenvalue weighted by Gasteiger charge is -2.26. The van der Waals surface area contributed by atoms with Crippen molar-refractivity contribution in [1.29, 1.82) is 0 Å². The van der Waals surface area contributed by atoms with Gasteiger partial charge in [0.15, 0.2) is 5.76 Å². The number of hydrogen-bond acceptors (Lipinski definition) is 5. The Hall–Kier alpha value is -2.02. The van der Waals surface area contributed by atoms with Crippen LogP contribution in [-0.4, -0.2) is 50.2 Å². The highest BCUT2D eigenvalue weighted by atomic mass is 35.5. The predicted molar refractivity (Wildman–Crippen MR) is 94.4 cm³/mol. The van der Waals surface area contributed by atoms with Gasteiger partial charge >= 0.3 is 0 Å². The molecule has 1 aromatic carbocycles. The molecule has 3 rings (SSSR count). The van der Waals surface area contributed by atoms with E-state index in [1.165, 1.54) is 0 Å². The average molecular weight is 365 g/mol. The average Bonchev–Trinajstić information content (AvgIpc) is 3.08. The van der Waals surface area contributed by atoms with E-state index in [4.69, 9.17) is 25.5 Å². The molecule has 1 saturated heterocycles. The van der Waals surface area contributed by atoms with Gasteiger partial charge in [-0.05, 0) is 37.2 Å². The van der Waals surface area contributed by atoms with Crippen molar-refractivity contribution in [2.75, 3.05) is 39.4 Å². The molecule has 1 fully saturated rings. The number of ether oxygens (including phenoxy) is 2. The predicted octanol–water partition coefficient (Wildman–Crippen LogP) is 3.18. The van der Waals surface area contributed by atoms with Gasteiger partial charge in [0, 0.05) is 30.7 Å². The number of amides is 1. The highest BCUT2D eigenvalue weighted by Gasteiger charge is 2.13. The van der Waals surface area contributed by atoms with Crippen LogP contribution >= 0.6 is 11.6 Å². The zero-order valence-corrected chi connectivity index (χ0v) is 14.6. The van der Waals surface area contributed by atoms with E-state index in [2.05, 4.69) is 10.2 Å². The number of benzene rings is 1. The Morgan fingerprint density at radius 3 is 2.88 bits per heavy atom. The molecule has 7 heteroatoms. The van der Waals surface area contributed by atoms with Gasteiger partial charge in [-0.2, -0.15) is 0 Å². The van der Waals surface area contributed by atoms with Crippen molar-refractivity contribution in [3.05, 3.63) is 47.2 Å². The van der Waals surface area contributed by atoms with Gasteiger partial charge in [0.25, 0.3) is 11.9 Å². The van der Waals surface area contributed by atoms with Crippen LogP contribution in [0.5, 0.6) is 11.7 Å². The summed E-state index contributed by atoms with van der Waals surface area (Å²) in [6, 6.07) is 10.2. The van der Waals surface area contributed by atoms with Crippen LogP contribution in [0.15, 0.2) is 40.8 Å². The highest BCUT2D eigenvalue weighted by molar-refractivity contribution is 6.30. The van der Waals surface area contributed by atoms with E-state index in [1.54, 1.807) is 36.4 Å². The summed E-state index contributed by atoms with van der Waals surface area (Å²) in [4.78, 5) is 14.4. The first-order valence-electron chi connectivity index (χ1n) is 8.32. The zero-order chi connectivity index (χ0) is 17.5. The maximum absolute atomic E-state index is 12.1. The first-order chi connectivity index (χ1) is 12.2. The molecule has 1 N–H and O–H groups in total. The van der Waals surface area contributed by atoms with E-state index in [1.807, 2.05) is 0 Å². The molecule has 1 amide bonds. The molecular formula is C18H21ClN2O4. The second kappa shape index (κ2) is 8.89. The minimum Gasteiger partial charge on any atom is -0.426 e. The van der Waals surface area contributed by atoms with Crippen LogP contribution in [0.3, 0.4) is 0 Å². The van der Waals surface area contributed by atoms with E-state index >= 15 is 0 Å². The quantitative estimate of drug-likeness (QED) is 0.764. The summed E-state index contributed by atoms with van der Waals surface area (Å²) in [5.74, 6) is 0.784. The molecule has 0 radical (unpaired) electrons. The van der Waals surface area contributed by atoms with Gasteiger partial charge in [-0.15, -0.1) is 0 Å². The molecule has 25 heavy (non-hydrogen) atoms. The number of rotatable bonds is 7. The van der Waals surface area contributed by atoms with E-state index in [-0.39, 0.29) is 17.6 Å². The first-order valence-corrected chi connectivity index (χ1v) is 8.70. The third-order valence-electron chi connectivity index (χ3n) is 3.86. The number of morpholine rings is 1. The smallest absolute Gasteiger partial charge is 0.290 e. The van der Waals surface area contributed by atoms with Crippen LogP contribution in [0.4, 0.5) is 0 Å². The Morgan fingerprint density at radius 1 is 1.24 bits per heavy atom. The lowest BCUT2D eigenvalue weighted by Crippen LogP contribution is -2.38. The first kappa shape index (κ1) is 17.8. The van der Waals surface area contributed by atoms with Crippen molar-refractivity contribution in [2.24, 2.45) is 0 Å². The fraction of sp³-hybridized carbons (Fsp3) is 0.389. The summed E-state index contributed by atoms with van der Waals surface area (Å²) in [5.41, 5.74) is 0. The van der Waals surface area contributed by atoms with Gasteiger partial charge < -0.3 is 19.2 Å². The lowest BCUT2D eigenvalue weighted by atomic mass is 10.3. The Kier molecular flexibility index (Phi) is 6.33. The topological polar surface area (TPSA) is 63.9 Å². The fourth-order valence-corrected chi connectivity index (χ4v) is 2.74. The molecule has 0 bridgehead atoms. The SMILES string of the molecule is O=C(NCCCN1CCOCC1)c1ccc(Oc2cccc(Cl)c2)o1. The second-order valence-corrected chi connectivity index (χ2v) is 6.18. The molecule has 1 aromatic heterocycles. The van der Waals surface area contributed by atoms with E-state index in [0.717, 1.165) is 39.3 Å². The standard InChI is InChI=1S/C18H21ClN2O4/c19-14-3-1-4-15(13-14)24-17-6-5-16(25-17)18(22)20-7-2-8-21-9-11-23-12-10-21/h1,3-6,13H,2,7-12H2,(H,20,22). The number of halogens is 1. The van der Waals surface area contributed by atoms with Gasteiger partial charge in [-0.1, -0.05) is 17.7 Å². The van der Waals surface area contributed by atoms with Crippen LogP contribution in [-0.2, 0) is 4.74 Å². The molecule has 0 unspecified atom stereocenters. The molecule has 0 atom stereocenters. The summed E-state index contributed by atoms with van der Waals surface area (Å²) in [6.07, 6.45) is 0.887.